The van der Waals surface area contributed by atoms with E-state index in [-0.39, 0.29) is 22.9 Å². The maximum absolute atomic E-state index is 13.4. The standard InChI is InChI=1S/C29H38N8O2/c1-19-24-17-32-29(34-27(24)37(22-5-3-4-6-22)28(39)26(19)20(2)38)33-25-8-7-23(16-31-25)36-13-11-35(12-14-36)18-21-9-10-30-15-21/h7-8,16-17,21-22,30H,3-6,9-15,18H2,1-2H3,(H,31,32,33,34)/t21-/m0/s1. The second-order valence-electron chi connectivity index (χ2n) is 11.3. The Morgan fingerprint density at radius 3 is 2.54 bits per heavy atom. The van der Waals surface area contributed by atoms with Gasteiger partial charge in [-0.3, -0.25) is 19.1 Å². The number of rotatable bonds is 7. The van der Waals surface area contributed by atoms with Crippen LogP contribution in [0.5, 0.6) is 0 Å². The van der Waals surface area contributed by atoms with Crippen molar-refractivity contribution in [3.63, 3.8) is 0 Å². The van der Waals surface area contributed by atoms with Crippen LogP contribution in [-0.4, -0.2) is 76.0 Å². The van der Waals surface area contributed by atoms with Gasteiger partial charge in [-0.1, -0.05) is 12.8 Å². The van der Waals surface area contributed by atoms with Gasteiger partial charge in [-0.25, -0.2) is 9.97 Å². The van der Waals surface area contributed by atoms with Gasteiger partial charge in [0.2, 0.25) is 5.95 Å². The van der Waals surface area contributed by atoms with Crippen molar-refractivity contribution in [3.8, 4) is 0 Å². The van der Waals surface area contributed by atoms with E-state index in [1.807, 2.05) is 19.2 Å². The first kappa shape index (κ1) is 25.9. The van der Waals surface area contributed by atoms with Gasteiger partial charge in [0, 0.05) is 50.3 Å². The van der Waals surface area contributed by atoms with Gasteiger partial charge in [0.1, 0.15) is 11.5 Å². The molecule has 1 saturated carbocycles. The number of pyridine rings is 2. The summed E-state index contributed by atoms with van der Waals surface area (Å²) in [6.45, 7) is 10.9. The number of carbonyl (C=O) groups is 1. The molecule has 0 aromatic carbocycles. The molecule has 0 radical (unpaired) electrons. The molecule has 206 valence electrons. The van der Waals surface area contributed by atoms with Crippen LogP contribution in [0.25, 0.3) is 11.0 Å². The summed E-state index contributed by atoms with van der Waals surface area (Å²) in [5, 5.41) is 7.43. The Morgan fingerprint density at radius 2 is 1.87 bits per heavy atom. The molecular formula is C29H38N8O2. The minimum Gasteiger partial charge on any atom is -0.368 e. The first-order valence-corrected chi connectivity index (χ1v) is 14.3. The highest BCUT2D eigenvalue weighted by Crippen LogP contribution is 2.32. The highest BCUT2D eigenvalue weighted by Gasteiger charge is 2.26. The minimum atomic E-state index is -0.244. The number of anilines is 3. The van der Waals surface area contributed by atoms with Crippen LogP contribution in [0.2, 0.25) is 0 Å². The molecule has 2 saturated heterocycles. The molecule has 2 aliphatic heterocycles. The van der Waals surface area contributed by atoms with Crippen molar-refractivity contribution >= 4 is 34.3 Å². The van der Waals surface area contributed by atoms with Crippen molar-refractivity contribution < 1.29 is 4.79 Å². The SMILES string of the molecule is CC(=O)c1c(C)c2cnc(Nc3ccc(N4CCN(C[C@H]5CCNC5)CC4)cn3)nc2n(C2CCCC2)c1=O. The number of nitrogens with zero attached hydrogens (tertiary/aromatic N) is 6. The fourth-order valence-corrected chi connectivity index (χ4v) is 6.49. The third kappa shape index (κ3) is 5.27. The molecule has 0 unspecified atom stereocenters. The summed E-state index contributed by atoms with van der Waals surface area (Å²) in [5.74, 6) is 1.61. The van der Waals surface area contributed by atoms with Gasteiger partial charge >= 0.3 is 0 Å². The quantitative estimate of drug-likeness (QED) is 0.445. The van der Waals surface area contributed by atoms with E-state index in [1.165, 1.54) is 19.9 Å². The van der Waals surface area contributed by atoms with Crippen molar-refractivity contribution in [2.45, 2.75) is 52.0 Å². The molecule has 5 heterocycles. The molecular weight excluding hydrogens is 492 g/mol. The molecule has 10 nitrogen and oxygen atoms in total. The number of fused-ring (bicyclic) bond motifs is 1. The maximum Gasteiger partial charge on any atom is 0.263 e. The van der Waals surface area contributed by atoms with Crippen molar-refractivity contribution in [2.75, 3.05) is 56.0 Å². The second kappa shape index (κ2) is 11.0. The number of hydrogen-bond acceptors (Lipinski definition) is 9. The molecule has 3 fully saturated rings. The fourth-order valence-electron chi connectivity index (χ4n) is 6.49. The van der Waals surface area contributed by atoms with Gasteiger partial charge in [0.25, 0.3) is 5.56 Å². The van der Waals surface area contributed by atoms with Crippen LogP contribution in [-0.2, 0) is 0 Å². The highest BCUT2D eigenvalue weighted by molar-refractivity contribution is 5.99. The third-order valence-corrected chi connectivity index (χ3v) is 8.65. The van der Waals surface area contributed by atoms with Gasteiger partial charge in [-0.2, -0.15) is 4.98 Å². The average molecular weight is 531 g/mol. The topological polar surface area (TPSA) is 108 Å². The van der Waals surface area contributed by atoms with Crippen molar-refractivity contribution in [3.05, 3.63) is 46.0 Å². The van der Waals surface area contributed by atoms with Gasteiger partial charge in [-0.15, -0.1) is 0 Å². The van der Waals surface area contributed by atoms with Gasteiger partial charge < -0.3 is 15.5 Å². The van der Waals surface area contributed by atoms with E-state index in [1.54, 1.807) is 10.8 Å². The second-order valence-corrected chi connectivity index (χ2v) is 11.3. The Labute approximate surface area is 228 Å². The predicted octanol–water partition coefficient (Wildman–Crippen LogP) is 3.29. The number of aromatic nitrogens is 4. The van der Waals surface area contributed by atoms with Crippen molar-refractivity contribution in [2.24, 2.45) is 5.92 Å². The molecule has 2 N–H and O–H groups in total. The van der Waals surface area contributed by atoms with Gasteiger partial charge in [-0.05, 0) is 69.8 Å². The van der Waals surface area contributed by atoms with Gasteiger partial charge in [0.15, 0.2) is 5.78 Å². The summed E-state index contributed by atoms with van der Waals surface area (Å²) in [6.07, 6.45) is 8.87. The predicted molar refractivity (Wildman–Crippen MR) is 153 cm³/mol. The molecule has 39 heavy (non-hydrogen) atoms. The van der Waals surface area contributed by atoms with Crippen LogP contribution in [0.3, 0.4) is 0 Å². The van der Waals surface area contributed by atoms with E-state index >= 15 is 0 Å². The number of ketones is 1. The molecule has 1 atom stereocenters. The van der Waals surface area contributed by atoms with E-state index in [4.69, 9.17) is 4.98 Å². The highest BCUT2D eigenvalue weighted by atomic mass is 16.1. The van der Waals surface area contributed by atoms with E-state index in [2.05, 4.69) is 36.5 Å². The molecule has 3 aliphatic rings. The van der Waals surface area contributed by atoms with Crippen LogP contribution in [0.4, 0.5) is 17.5 Å². The molecule has 1 aliphatic carbocycles. The van der Waals surface area contributed by atoms with Gasteiger partial charge in [0.05, 0.1) is 17.4 Å². The summed E-state index contributed by atoms with van der Waals surface area (Å²) >= 11 is 0. The summed E-state index contributed by atoms with van der Waals surface area (Å²) in [4.78, 5) is 44.7. The van der Waals surface area contributed by atoms with E-state index in [0.717, 1.165) is 81.9 Å². The van der Waals surface area contributed by atoms with Crippen molar-refractivity contribution in [1.29, 1.82) is 0 Å². The lowest BCUT2D eigenvalue weighted by atomic mass is 10.0. The number of aryl methyl sites for hydroxylation is 1. The number of nitrogens with one attached hydrogen (secondary N) is 2. The fraction of sp³-hybridized carbons (Fsp3) is 0.552. The molecule has 0 spiro atoms. The first-order valence-electron chi connectivity index (χ1n) is 14.3. The lowest BCUT2D eigenvalue weighted by Crippen LogP contribution is -2.48. The number of Topliss-reactive ketones (excluding diaryl/α,β-unsaturated/α-hetero) is 1. The smallest absolute Gasteiger partial charge is 0.263 e. The molecule has 0 bridgehead atoms. The van der Waals surface area contributed by atoms with Crippen LogP contribution in [0.1, 0.15) is 61.0 Å². The largest absolute Gasteiger partial charge is 0.368 e. The summed E-state index contributed by atoms with van der Waals surface area (Å²) in [7, 11) is 0. The summed E-state index contributed by atoms with van der Waals surface area (Å²) < 4.78 is 1.73. The zero-order chi connectivity index (χ0) is 26.9. The number of piperazine rings is 1. The lowest BCUT2D eigenvalue weighted by molar-refractivity contribution is 0.101. The Bertz CT molecular complexity index is 1400. The third-order valence-electron chi connectivity index (χ3n) is 8.65. The number of hydrogen-bond donors (Lipinski definition) is 2. The molecule has 10 heteroatoms. The van der Waals surface area contributed by atoms with E-state index in [9.17, 15) is 9.59 Å². The normalized spacial score (nSPS) is 20.7. The summed E-state index contributed by atoms with van der Waals surface area (Å²) in [5.41, 5.74) is 2.34. The molecule has 3 aromatic rings. The van der Waals surface area contributed by atoms with Crippen LogP contribution >= 0.6 is 0 Å². The first-order chi connectivity index (χ1) is 19.0. The minimum absolute atomic E-state index is 0.0501. The molecule has 6 rings (SSSR count). The van der Waals surface area contributed by atoms with E-state index in [0.29, 0.717) is 23.0 Å². The number of carbonyl (C=O) groups excluding carboxylic acids is 1. The van der Waals surface area contributed by atoms with Crippen molar-refractivity contribution in [1.82, 2.24) is 29.7 Å². The Kier molecular flexibility index (Phi) is 7.31. The Morgan fingerprint density at radius 1 is 1.08 bits per heavy atom. The van der Waals surface area contributed by atoms with E-state index < -0.39 is 0 Å². The zero-order valence-electron chi connectivity index (χ0n) is 22.9. The zero-order valence-corrected chi connectivity index (χ0v) is 22.9. The van der Waals surface area contributed by atoms with Crippen LogP contribution in [0.15, 0.2) is 29.3 Å². The molecule has 3 aromatic heterocycles. The Hall–Kier alpha value is -3.37. The molecule has 0 amide bonds. The maximum atomic E-state index is 13.4. The monoisotopic (exact) mass is 530 g/mol. The lowest BCUT2D eigenvalue weighted by Gasteiger charge is -2.37. The average Bonchev–Trinajstić information content (AvgIpc) is 3.65. The van der Waals surface area contributed by atoms with Crippen LogP contribution in [0, 0.1) is 12.8 Å². The van der Waals surface area contributed by atoms with Crippen LogP contribution < -0.4 is 21.1 Å². The Balaban J connectivity index is 1.19. The summed E-state index contributed by atoms with van der Waals surface area (Å²) in [6, 6.07) is 4.09.